The van der Waals surface area contributed by atoms with Gasteiger partial charge in [-0.1, -0.05) is 35.9 Å². The lowest BCUT2D eigenvalue weighted by Gasteiger charge is -2.28. The van der Waals surface area contributed by atoms with Crippen LogP contribution >= 0.6 is 11.6 Å². The maximum Gasteiger partial charge on any atom is 0.225 e. The topological polar surface area (TPSA) is 98.7 Å². The van der Waals surface area contributed by atoms with E-state index in [0.717, 1.165) is 54.7 Å². The maximum absolute atomic E-state index is 12.5. The second-order valence-electron chi connectivity index (χ2n) is 9.65. The number of anilines is 1. The quantitative estimate of drug-likeness (QED) is 0.399. The highest BCUT2D eigenvalue weighted by Crippen LogP contribution is 2.25. The fraction of sp³-hybridized carbons (Fsp3) is 0.407. The molecule has 1 aliphatic heterocycles. The van der Waals surface area contributed by atoms with E-state index in [1.807, 2.05) is 48.3 Å². The number of aromatic nitrogens is 2. The molecule has 0 amide bonds. The van der Waals surface area contributed by atoms with Crippen LogP contribution in [0, 0.1) is 5.92 Å². The summed E-state index contributed by atoms with van der Waals surface area (Å²) in [6.45, 7) is 3.42. The number of sulfonamides is 1. The standard InChI is InChI=1S/C27H34ClN5O3S/c1-32(15-11-20-6-7-26(34)24(28)17-20)27-30-14-10-25(31-27)23-5-3-4-22(16-23)19-33(37(2,35)36)18-21-8-12-29-13-9-21/h3-7,10,14,16-17,21,29,34H,8-9,11-13,15,18-19H2,1-2H3. The lowest BCUT2D eigenvalue weighted by Crippen LogP contribution is -2.38. The fourth-order valence-corrected chi connectivity index (χ4v) is 5.57. The predicted octanol–water partition coefficient (Wildman–Crippen LogP) is 3.94. The molecule has 2 N–H and O–H groups in total. The molecule has 1 saturated heterocycles. The summed E-state index contributed by atoms with van der Waals surface area (Å²) in [5.41, 5.74) is 3.62. The average molecular weight is 544 g/mol. The first-order chi connectivity index (χ1) is 17.7. The van der Waals surface area contributed by atoms with Gasteiger partial charge in [-0.2, -0.15) is 4.31 Å². The highest BCUT2D eigenvalue weighted by Gasteiger charge is 2.23. The molecule has 198 valence electrons. The van der Waals surface area contributed by atoms with Crippen LogP contribution in [0.15, 0.2) is 54.7 Å². The Bertz CT molecular complexity index is 1310. The first-order valence-corrected chi connectivity index (χ1v) is 14.7. The summed E-state index contributed by atoms with van der Waals surface area (Å²) in [5, 5.41) is 13.3. The van der Waals surface area contributed by atoms with Crippen LogP contribution in [0.3, 0.4) is 0 Å². The first-order valence-electron chi connectivity index (χ1n) is 12.5. The number of hydrogen-bond donors (Lipinski definition) is 2. The van der Waals surface area contributed by atoms with Crippen molar-refractivity contribution in [1.82, 2.24) is 19.6 Å². The Balaban J connectivity index is 1.46. The van der Waals surface area contributed by atoms with Gasteiger partial charge >= 0.3 is 0 Å². The van der Waals surface area contributed by atoms with Crippen molar-refractivity contribution in [2.75, 3.05) is 44.4 Å². The Morgan fingerprint density at radius 3 is 2.62 bits per heavy atom. The molecular weight excluding hydrogens is 510 g/mol. The largest absolute Gasteiger partial charge is 0.506 e. The molecule has 4 rings (SSSR count). The molecule has 2 heterocycles. The number of nitrogens with zero attached hydrogens (tertiary/aromatic N) is 4. The Morgan fingerprint density at radius 2 is 1.89 bits per heavy atom. The van der Waals surface area contributed by atoms with E-state index in [1.165, 1.54) is 6.26 Å². The van der Waals surface area contributed by atoms with Crippen molar-refractivity contribution in [3.63, 3.8) is 0 Å². The van der Waals surface area contributed by atoms with Gasteiger partial charge < -0.3 is 15.3 Å². The van der Waals surface area contributed by atoms with Gasteiger partial charge in [0.15, 0.2) is 0 Å². The average Bonchev–Trinajstić information content (AvgIpc) is 2.89. The molecule has 37 heavy (non-hydrogen) atoms. The Hall–Kier alpha value is -2.72. The van der Waals surface area contributed by atoms with Crippen molar-refractivity contribution in [3.8, 4) is 17.0 Å². The number of hydrogen-bond acceptors (Lipinski definition) is 7. The molecule has 0 unspecified atom stereocenters. The molecule has 0 aliphatic carbocycles. The molecular formula is C27H34ClN5O3S. The van der Waals surface area contributed by atoms with E-state index in [9.17, 15) is 13.5 Å². The van der Waals surface area contributed by atoms with Crippen LogP contribution in [0.2, 0.25) is 5.02 Å². The minimum atomic E-state index is -3.33. The molecule has 0 saturated carbocycles. The van der Waals surface area contributed by atoms with Crippen LogP contribution in [-0.2, 0) is 23.0 Å². The number of piperidine rings is 1. The van der Waals surface area contributed by atoms with Crippen LogP contribution in [0.5, 0.6) is 5.75 Å². The molecule has 10 heteroatoms. The second-order valence-corrected chi connectivity index (χ2v) is 12.0. The Labute approximate surface area is 224 Å². The molecule has 0 radical (unpaired) electrons. The summed E-state index contributed by atoms with van der Waals surface area (Å²) in [6.07, 6.45) is 5.72. The molecule has 0 atom stereocenters. The predicted molar refractivity (Wildman–Crippen MR) is 148 cm³/mol. The summed E-state index contributed by atoms with van der Waals surface area (Å²) < 4.78 is 26.7. The highest BCUT2D eigenvalue weighted by atomic mass is 35.5. The molecule has 1 aromatic heterocycles. The number of phenolic OH excluding ortho intramolecular Hbond substituents is 1. The lowest BCUT2D eigenvalue weighted by molar-refractivity contribution is 0.285. The van der Waals surface area contributed by atoms with Gasteiger partial charge in [0.2, 0.25) is 16.0 Å². The van der Waals surface area contributed by atoms with Gasteiger partial charge in [-0.3, -0.25) is 0 Å². The minimum absolute atomic E-state index is 0.0722. The fourth-order valence-electron chi connectivity index (χ4n) is 4.50. The van der Waals surface area contributed by atoms with E-state index in [4.69, 9.17) is 16.6 Å². The second kappa shape index (κ2) is 12.2. The number of nitrogens with one attached hydrogen (secondary N) is 1. The monoisotopic (exact) mass is 543 g/mol. The number of halogens is 1. The van der Waals surface area contributed by atoms with Crippen LogP contribution in [0.4, 0.5) is 5.95 Å². The summed E-state index contributed by atoms with van der Waals surface area (Å²) >= 11 is 6.03. The van der Waals surface area contributed by atoms with E-state index in [1.54, 1.807) is 22.6 Å². The smallest absolute Gasteiger partial charge is 0.225 e. The van der Waals surface area contributed by atoms with Crippen LogP contribution in [-0.4, -0.2) is 67.3 Å². The lowest BCUT2D eigenvalue weighted by atomic mass is 9.98. The summed E-state index contributed by atoms with van der Waals surface area (Å²) in [4.78, 5) is 11.2. The number of benzene rings is 2. The number of aromatic hydroxyl groups is 1. The maximum atomic E-state index is 12.5. The van der Waals surface area contributed by atoms with Gasteiger partial charge in [-0.25, -0.2) is 18.4 Å². The van der Waals surface area contributed by atoms with Crippen LogP contribution in [0.25, 0.3) is 11.3 Å². The minimum Gasteiger partial charge on any atom is -0.506 e. The van der Waals surface area contributed by atoms with E-state index >= 15 is 0 Å². The highest BCUT2D eigenvalue weighted by molar-refractivity contribution is 7.88. The van der Waals surface area contributed by atoms with Crippen LogP contribution < -0.4 is 10.2 Å². The number of rotatable bonds is 10. The molecule has 3 aromatic rings. The van der Waals surface area contributed by atoms with Gasteiger partial charge in [-0.15, -0.1) is 0 Å². The van der Waals surface area contributed by atoms with E-state index in [-0.39, 0.29) is 5.75 Å². The van der Waals surface area contributed by atoms with Crippen LogP contribution in [0.1, 0.15) is 24.0 Å². The van der Waals surface area contributed by atoms with Gasteiger partial charge in [0, 0.05) is 38.4 Å². The van der Waals surface area contributed by atoms with Crippen molar-refractivity contribution in [2.24, 2.45) is 5.92 Å². The van der Waals surface area contributed by atoms with Gasteiger partial charge in [0.1, 0.15) is 5.75 Å². The first kappa shape index (κ1) is 27.3. The zero-order chi connectivity index (χ0) is 26.4. The van der Waals surface area contributed by atoms with Crippen molar-refractivity contribution < 1.29 is 13.5 Å². The number of phenols is 1. The third kappa shape index (κ3) is 7.64. The molecule has 0 bridgehead atoms. The van der Waals surface area contributed by atoms with Crippen molar-refractivity contribution in [3.05, 3.63) is 70.9 Å². The van der Waals surface area contributed by atoms with Gasteiger partial charge in [0.05, 0.1) is 17.0 Å². The normalized spacial score (nSPS) is 14.7. The van der Waals surface area contributed by atoms with Crippen molar-refractivity contribution in [2.45, 2.75) is 25.8 Å². The zero-order valence-corrected chi connectivity index (χ0v) is 22.8. The van der Waals surface area contributed by atoms with E-state index < -0.39 is 10.0 Å². The molecule has 2 aromatic carbocycles. The summed E-state index contributed by atoms with van der Waals surface area (Å²) in [7, 11) is -1.40. The third-order valence-electron chi connectivity index (χ3n) is 6.70. The van der Waals surface area contributed by atoms with Crippen molar-refractivity contribution in [1.29, 1.82) is 0 Å². The molecule has 1 aliphatic rings. The van der Waals surface area contributed by atoms with Gasteiger partial charge in [0.25, 0.3) is 0 Å². The third-order valence-corrected chi connectivity index (χ3v) is 8.22. The Kier molecular flexibility index (Phi) is 9.02. The summed E-state index contributed by atoms with van der Waals surface area (Å²) in [6, 6.07) is 15.0. The Morgan fingerprint density at radius 1 is 1.11 bits per heavy atom. The SMILES string of the molecule is CN(CCc1ccc(O)c(Cl)c1)c1nccc(-c2cccc(CN(CC3CCNCC3)S(C)(=O)=O)c2)n1. The molecule has 1 fully saturated rings. The van der Waals surface area contributed by atoms with E-state index in [2.05, 4.69) is 10.3 Å². The molecule has 8 nitrogen and oxygen atoms in total. The zero-order valence-electron chi connectivity index (χ0n) is 21.3. The van der Waals surface area contributed by atoms with Crippen molar-refractivity contribution >= 4 is 27.6 Å². The molecule has 0 spiro atoms. The van der Waals surface area contributed by atoms with E-state index in [0.29, 0.717) is 36.5 Å². The van der Waals surface area contributed by atoms with Gasteiger partial charge in [-0.05, 0) is 73.7 Å². The number of likely N-dealkylation sites (N-methyl/N-ethyl adjacent to an activating group) is 1. The summed E-state index contributed by atoms with van der Waals surface area (Å²) in [5.74, 6) is 1.04.